The molecule has 10 heteroatoms. The fourth-order valence-electron chi connectivity index (χ4n) is 12.5. The Balaban J connectivity index is 0.684. The van der Waals surface area contributed by atoms with E-state index >= 15 is 0 Å². The monoisotopic (exact) mass is 834 g/mol. The summed E-state index contributed by atoms with van der Waals surface area (Å²) in [7, 11) is 0. The molecule has 0 unspecified atom stereocenters. The van der Waals surface area contributed by atoms with E-state index < -0.39 is 6.04 Å². The normalized spacial score (nSPS) is 26.6. The molecule has 3 amide bonds. The molecular formula is C52H58N4O6. The number of carbonyl (C=O) groups excluding carboxylic acids is 3. The number of imide groups is 1. The molecule has 7 aliphatic rings. The van der Waals surface area contributed by atoms with Crippen LogP contribution in [0.2, 0.25) is 0 Å². The average molecular weight is 835 g/mol. The third kappa shape index (κ3) is 6.89. The minimum Gasteiger partial charge on any atom is -0.508 e. The molecular weight excluding hydrogens is 777 g/mol. The number of fused-ring (bicyclic) bond motifs is 5. The van der Waals surface area contributed by atoms with Crippen LogP contribution in [0.3, 0.4) is 0 Å². The molecule has 4 fully saturated rings. The van der Waals surface area contributed by atoms with Gasteiger partial charge in [0.25, 0.3) is 5.91 Å². The molecule has 6 aliphatic heterocycles. The van der Waals surface area contributed by atoms with E-state index in [2.05, 4.69) is 81.8 Å². The molecule has 2 N–H and O–H groups in total. The molecule has 4 atom stereocenters. The number of nitrogens with zero attached hydrogens (tertiary/aromatic N) is 3. The zero-order valence-electron chi connectivity index (χ0n) is 35.9. The van der Waals surface area contributed by atoms with Crippen LogP contribution in [0, 0.1) is 12.8 Å². The summed E-state index contributed by atoms with van der Waals surface area (Å²) >= 11 is 0. The Kier molecular flexibility index (Phi) is 9.95. The highest BCUT2D eigenvalue weighted by Crippen LogP contribution is 2.51. The van der Waals surface area contributed by atoms with E-state index in [1.807, 2.05) is 19.1 Å². The van der Waals surface area contributed by atoms with Gasteiger partial charge in [-0.2, -0.15) is 0 Å². The van der Waals surface area contributed by atoms with Crippen LogP contribution < -0.4 is 15.0 Å². The number of anilines is 1. The molecule has 0 bridgehead atoms. The number of likely N-dealkylation sites (tertiary alicyclic amines) is 1. The van der Waals surface area contributed by atoms with Crippen molar-refractivity contribution in [3.05, 3.63) is 123 Å². The van der Waals surface area contributed by atoms with Crippen LogP contribution >= 0.6 is 0 Å². The lowest BCUT2D eigenvalue weighted by Crippen LogP contribution is -2.52. The lowest BCUT2D eigenvalue weighted by Gasteiger charge is -2.47. The van der Waals surface area contributed by atoms with E-state index in [1.54, 1.807) is 4.90 Å². The molecule has 10 nitrogen and oxygen atoms in total. The van der Waals surface area contributed by atoms with Gasteiger partial charge in [0, 0.05) is 54.2 Å². The first-order chi connectivity index (χ1) is 30.2. The Labute approximate surface area is 364 Å². The lowest BCUT2D eigenvalue weighted by molar-refractivity contribution is -0.136. The summed E-state index contributed by atoms with van der Waals surface area (Å²) in [6.45, 7) is 8.92. The summed E-state index contributed by atoms with van der Waals surface area (Å²) in [6.07, 6.45) is 9.12. The number of ether oxygens (including phenoxy) is 2. The second kappa shape index (κ2) is 15.6. The van der Waals surface area contributed by atoms with Crippen molar-refractivity contribution >= 4 is 23.4 Å². The number of piperidine rings is 3. The van der Waals surface area contributed by atoms with E-state index in [0.717, 1.165) is 101 Å². The quantitative estimate of drug-likeness (QED) is 0.192. The Morgan fingerprint density at radius 1 is 0.823 bits per heavy atom. The maximum Gasteiger partial charge on any atom is 0.255 e. The van der Waals surface area contributed by atoms with Gasteiger partial charge in [0.15, 0.2) is 0 Å². The number of carbonyl (C=O) groups is 3. The first-order valence-electron chi connectivity index (χ1n) is 23.2. The smallest absolute Gasteiger partial charge is 0.255 e. The highest BCUT2D eigenvalue weighted by Gasteiger charge is 2.49. The van der Waals surface area contributed by atoms with Crippen molar-refractivity contribution in [2.75, 3.05) is 50.8 Å². The van der Waals surface area contributed by atoms with Crippen molar-refractivity contribution < 1.29 is 29.0 Å². The fraction of sp³-hybridized carbons (Fsp3) is 0.481. The number of rotatable bonds is 6. The molecule has 62 heavy (non-hydrogen) atoms. The van der Waals surface area contributed by atoms with Gasteiger partial charge < -0.3 is 29.3 Å². The van der Waals surface area contributed by atoms with Crippen molar-refractivity contribution in [1.82, 2.24) is 15.1 Å². The molecule has 322 valence electrons. The van der Waals surface area contributed by atoms with Crippen molar-refractivity contribution in [3.63, 3.8) is 0 Å². The molecule has 4 saturated heterocycles. The maximum absolute atomic E-state index is 13.6. The van der Waals surface area contributed by atoms with Crippen LogP contribution in [0.5, 0.6) is 11.5 Å². The second-order valence-electron chi connectivity index (χ2n) is 19.6. The topological polar surface area (TPSA) is 112 Å². The molecule has 0 aromatic heterocycles. The average Bonchev–Trinajstić information content (AvgIpc) is 3.82. The van der Waals surface area contributed by atoms with Gasteiger partial charge in [-0.1, -0.05) is 54.6 Å². The number of aryl methyl sites for hydroxylation is 2. The molecule has 1 aliphatic carbocycles. The Bertz CT molecular complexity index is 2390. The minimum atomic E-state index is -0.629. The molecule has 11 rings (SSSR count). The van der Waals surface area contributed by atoms with Gasteiger partial charge in [0.1, 0.15) is 17.5 Å². The van der Waals surface area contributed by atoms with E-state index in [-0.39, 0.29) is 41.1 Å². The zero-order chi connectivity index (χ0) is 42.2. The standard InChI is InChI=1S/C52H58N4O6/c1-33-27-43-48(42-30-56(50(60)46(33)42)44-15-16-45(58)53-49(44)59)61-32-51(43)19-23-54(24-20-51)29-34-17-18-52(62-31-34)21-25-55(26-22-52)38-10-7-36(8-11-38)47-40(35-5-3-2-4-6-35)13-9-37-28-39(57)12-14-41(37)47/h2-8,10-12,14,27-28,34,40,44,47,57H,9,13,15-26,29-32H2,1H3,(H,53,58,59)/t34-,40-,44+,47+/m1/s1. The highest BCUT2D eigenvalue weighted by molar-refractivity contribution is 6.06. The molecule has 4 aromatic rings. The largest absolute Gasteiger partial charge is 0.508 e. The van der Waals surface area contributed by atoms with Gasteiger partial charge in [0.05, 0.1) is 30.9 Å². The van der Waals surface area contributed by atoms with Crippen molar-refractivity contribution in [2.24, 2.45) is 5.92 Å². The maximum atomic E-state index is 13.6. The predicted octanol–water partition coefficient (Wildman–Crippen LogP) is 7.52. The number of phenolic OH excluding ortho intramolecular Hbond substituents is 1. The van der Waals surface area contributed by atoms with Gasteiger partial charge in [-0.15, -0.1) is 0 Å². The van der Waals surface area contributed by atoms with E-state index in [9.17, 15) is 19.5 Å². The summed E-state index contributed by atoms with van der Waals surface area (Å²) in [4.78, 5) is 44.9. The summed E-state index contributed by atoms with van der Waals surface area (Å²) in [5.41, 5.74) is 10.3. The number of hydrogen-bond acceptors (Lipinski definition) is 8. The van der Waals surface area contributed by atoms with Crippen molar-refractivity contribution in [2.45, 2.75) is 107 Å². The SMILES string of the molecule is Cc1cc2c(c3c1C(=O)N([C@H]1CCC(=O)NC1=O)C3)OCC21CCN(C[C@H]2CCC3(CCN(c4ccc([C@@H]5c6ccc(O)cc6CC[C@@H]5c5ccccc5)cc4)CC3)OC2)CC1. The zero-order valence-corrected chi connectivity index (χ0v) is 35.9. The van der Waals surface area contributed by atoms with Crippen molar-refractivity contribution in [3.8, 4) is 11.5 Å². The van der Waals surface area contributed by atoms with Gasteiger partial charge in [-0.3, -0.25) is 19.7 Å². The molecule has 0 saturated carbocycles. The number of nitrogens with one attached hydrogen (secondary N) is 1. The van der Waals surface area contributed by atoms with E-state index in [1.165, 1.54) is 39.9 Å². The molecule has 6 heterocycles. The Morgan fingerprint density at radius 3 is 2.35 bits per heavy atom. The minimum absolute atomic E-state index is 0.0165. The van der Waals surface area contributed by atoms with Gasteiger partial charge in [-0.25, -0.2) is 0 Å². The Morgan fingerprint density at radius 2 is 1.61 bits per heavy atom. The molecule has 4 aromatic carbocycles. The number of hydrogen-bond donors (Lipinski definition) is 2. The number of benzene rings is 4. The summed E-state index contributed by atoms with van der Waals surface area (Å²) in [6, 6.07) is 27.8. The van der Waals surface area contributed by atoms with Crippen LogP contribution in [0.1, 0.15) is 119 Å². The molecule has 2 spiro atoms. The van der Waals surface area contributed by atoms with Crippen molar-refractivity contribution in [1.29, 1.82) is 0 Å². The van der Waals surface area contributed by atoms with E-state index in [4.69, 9.17) is 9.47 Å². The Hall–Kier alpha value is -5.19. The number of phenols is 1. The van der Waals surface area contributed by atoms with Crippen LogP contribution in [-0.4, -0.2) is 90.2 Å². The van der Waals surface area contributed by atoms with Crippen LogP contribution in [0.25, 0.3) is 0 Å². The third-order valence-corrected chi connectivity index (χ3v) is 16.1. The van der Waals surface area contributed by atoms with Crippen LogP contribution in [0.15, 0.2) is 78.9 Å². The third-order valence-electron chi connectivity index (χ3n) is 16.1. The van der Waals surface area contributed by atoms with Crippen LogP contribution in [0.4, 0.5) is 5.69 Å². The van der Waals surface area contributed by atoms with Gasteiger partial charge >= 0.3 is 0 Å². The van der Waals surface area contributed by atoms with Gasteiger partial charge in [0.2, 0.25) is 11.8 Å². The number of amides is 3. The first-order valence-corrected chi connectivity index (χ1v) is 23.2. The fourth-order valence-corrected chi connectivity index (χ4v) is 12.5. The highest BCUT2D eigenvalue weighted by atomic mass is 16.5. The summed E-state index contributed by atoms with van der Waals surface area (Å²) in [5.74, 6) is 1.59. The summed E-state index contributed by atoms with van der Waals surface area (Å²) < 4.78 is 13.3. The second-order valence-corrected chi connectivity index (χ2v) is 19.6. The predicted molar refractivity (Wildman–Crippen MR) is 237 cm³/mol. The number of aromatic hydroxyl groups is 1. The van der Waals surface area contributed by atoms with Crippen LogP contribution in [-0.2, 0) is 32.7 Å². The first kappa shape index (κ1) is 39.6. The molecule has 0 radical (unpaired) electrons. The lowest BCUT2D eigenvalue weighted by atomic mass is 9.69. The van der Waals surface area contributed by atoms with Gasteiger partial charge in [-0.05, 0) is 142 Å². The van der Waals surface area contributed by atoms with E-state index in [0.29, 0.717) is 42.7 Å². The summed E-state index contributed by atoms with van der Waals surface area (Å²) in [5, 5.41) is 12.7.